The molecule has 14 heavy (non-hydrogen) atoms. The van der Waals surface area contributed by atoms with Gasteiger partial charge in [-0.15, -0.1) is 0 Å². The predicted molar refractivity (Wildman–Crippen MR) is 54.7 cm³/mol. The van der Waals surface area contributed by atoms with Gasteiger partial charge < -0.3 is 15.2 Å². The lowest BCUT2D eigenvalue weighted by Crippen LogP contribution is -2.15. The standard InChI is InChI=1S/C10H14N2O2/c1-13-6-7-4-3-5-8(14-2)9(7)10(11)12/h3-5H,6H2,1-2H3,(H3,11,12). The van der Waals surface area contributed by atoms with Gasteiger partial charge in [-0.1, -0.05) is 12.1 Å². The Morgan fingerprint density at radius 1 is 1.43 bits per heavy atom. The van der Waals surface area contributed by atoms with Gasteiger partial charge in [-0.05, 0) is 11.6 Å². The molecule has 0 aliphatic rings. The van der Waals surface area contributed by atoms with E-state index < -0.39 is 0 Å². The zero-order valence-electron chi connectivity index (χ0n) is 8.33. The van der Waals surface area contributed by atoms with Gasteiger partial charge in [-0.2, -0.15) is 0 Å². The van der Waals surface area contributed by atoms with Crippen LogP contribution in [0.1, 0.15) is 11.1 Å². The minimum Gasteiger partial charge on any atom is -0.496 e. The Bertz CT molecular complexity index is 337. The quantitative estimate of drug-likeness (QED) is 0.557. The first-order valence-corrected chi connectivity index (χ1v) is 4.20. The second-order valence-corrected chi connectivity index (χ2v) is 2.84. The zero-order valence-corrected chi connectivity index (χ0v) is 8.33. The molecule has 0 saturated heterocycles. The average molecular weight is 194 g/mol. The molecule has 0 bridgehead atoms. The van der Waals surface area contributed by atoms with Crippen molar-refractivity contribution in [2.24, 2.45) is 5.73 Å². The SMILES string of the molecule is COCc1cccc(OC)c1C(=N)N. The monoisotopic (exact) mass is 194 g/mol. The van der Waals surface area contributed by atoms with Crippen LogP contribution in [0.5, 0.6) is 5.75 Å². The third kappa shape index (κ3) is 2.03. The fourth-order valence-electron chi connectivity index (χ4n) is 1.33. The molecule has 0 amide bonds. The Labute approximate surface area is 83.1 Å². The molecule has 1 aromatic carbocycles. The topological polar surface area (TPSA) is 68.3 Å². The van der Waals surface area contributed by atoms with Crippen LogP contribution >= 0.6 is 0 Å². The molecule has 0 unspecified atom stereocenters. The van der Waals surface area contributed by atoms with E-state index in [0.717, 1.165) is 5.56 Å². The summed E-state index contributed by atoms with van der Waals surface area (Å²) in [5.74, 6) is 0.599. The molecule has 4 nitrogen and oxygen atoms in total. The molecule has 0 saturated carbocycles. The van der Waals surface area contributed by atoms with Crippen LogP contribution in [0.25, 0.3) is 0 Å². The molecule has 0 radical (unpaired) electrons. The van der Waals surface area contributed by atoms with Gasteiger partial charge in [-0.3, -0.25) is 5.41 Å². The number of rotatable bonds is 4. The summed E-state index contributed by atoms with van der Waals surface area (Å²) in [5.41, 5.74) is 6.94. The molecule has 0 heterocycles. The lowest BCUT2D eigenvalue weighted by atomic mass is 10.1. The minimum atomic E-state index is -0.00509. The zero-order chi connectivity index (χ0) is 10.6. The van der Waals surface area contributed by atoms with Crippen molar-refractivity contribution in [3.8, 4) is 5.75 Å². The van der Waals surface area contributed by atoms with Crippen LogP contribution in [0.4, 0.5) is 0 Å². The Hall–Kier alpha value is -1.55. The van der Waals surface area contributed by atoms with Crippen LogP contribution in [0.15, 0.2) is 18.2 Å². The highest BCUT2D eigenvalue weighted by Crippen LogP contribution is 2.21. The Balaban J connectivity index is 3.20. The lowest BCUT2D eigenvalue weighted by Gasteiger charge is -2.11. The van der Waals surface area contributed by atoms with Crippen molar-refractivity contribution in [2.45, 2.75) is 6.61 Å². The number of methoxy groups -OCH3 is 2. The smallest absolute Gasteiger partial charge is 0.130 e. The largest absolute Gasteiger partial charge is 0.496 e. The number of ether oxygens (including phenoxy) is 2. The maximum atomic E-state index is 7.44. The minimum absolute atomic E-state index is 0.00509. The number of benzene rings is 1. The molecule has 0 aromatic heterocycles. The van der Waals surface area contributed by atoms with Gasteiger partial charge in [0.2, 0.25) is 0 Å². The van der Waals surface area contributed by atoms with Crippen LogP contribution < -0.4 is 10.5 Å². The second-order valence-electron chi connectivity index (χ2n) is 2.84. The number of hydrogen-bond donors (Lipinski definition) is 2. The first kappa shape index (κ1) is 10.5. The van der Waals surface area contributed by atoms with Crippen LogP contribution in [0.3, 0.4) is 0 Å². The van der Waals surface area contributed by atoms with E-state index in [9.17, 15) is 0 Å². The van der Waals surface area contributed by atoms with Crippen LogP contribution in [-0.4, -0.2) is 20.1 Å². The van der Waals surface area contributed by atoms with E-state index in [1.807, 2.05) is 12.1 Å². The summed E-state index contributed by atoms with van der Waals surface area (Å²) in [6, 6.07) is 5.48. The van der Waals surface area contributed by atoms with Crippen molar-refractivity contribution in [1.29, 1.82) is 5.41 Å². The van der Waals surface area contributed by atoms with E-state index in [1.165, 1.54) is 0 Å². The first-order valence-electron chi connectivity index (χ1n) is 4.20. The molecule has 76 valence electrons. The van der Waals surface area contributed by atoms with Crippen molar-refractivity contribution in [3.63, 3.8) is 0 Å². The van der Waals surface area contributed by atoms with E-state index >= 15 is 0 Å². The molecular weight excluding hydrogens is 180 g/mol. The van der Waals surface area contributed by atoms with Gasteiger partial charge >= 0.3 is 0 Å². The van der Waals surface area contributed by atoms with Crippen molar-refractivity contribution in [3.05, 3.63) is 29.3 Å². The van der Waals surface area contributed by atoms with E-state index in [2.05, 4.69) is 0 Å². The van der Waals surface area contributed by atoms with Crippen molar-refractivity contribution >= 4 is 5.84 Å². The second kappa shape index (κ2) is 4.62. The number of nitrogens with one attached hydrogen (secondary N) is 1. The van der Waals surface area contributed by atoms with E-state index in [0.29, 0.717) is 17.9 Å². The third-order valence-electron chi connectivity index (χ3n) is 1.90. The normalized spacial score (nSPS) is 9.86. The summed E-state index contributed by atoms with van der Waals surface area (Å²) < 4.78 is 10.1. The maximum Gasteiger partial charge on any atom is 0.130 e. The third-order valence-corrected chi connectivity index (χ3v) is 1.90. The van der Waals surface area contributed by atoms with Crippen LogP contribution in [0.2, 0.25) is 0 Å². The average Bonchev–Trinajstić information content (AvgIpc) is 2.17. The summed E-state index contributed by atoms with van der Waals surface area (Å²) in [4.78, 5) is 0. The molecule has 0 fully saturated rings. The van der Waals surface area contributed by atoms with E-state index in [-0.39, 0.29) is 5.84 Å². The molecule has 0 atom stereocenters. The van der Waals surface area contributed by atoms with Crippen LogP contribution in [0, 0.1) is 5.41 Å². The molecule has 4 heteroatoms. The lowest BCUT2D eigenvalue weighted by molar-refractivity contribution is 0.184. The Morgan fingerprint density at radius 2 is 2.14 bits per heavy atom. The maximum absolute atomic E-state index is 7.44. The van der Waals surface area contributed by atoms with Gasteiger partial charge in [-0.25, -0.2) is 0 Å². The Kier molecular flexibility index (Phi) is 3.48. The molecule has 0 spiro atoms. The summed E-state index contributed by atoms with van der Waals surface area (Å²) in [5, 5.41) is 7.44. The van der Waals surface area contributed by atoms with Gasteiger partial charge in [0.1, 0.15) is 11.6 Å². The van der Waals surface area contributed by atoms with E-state index in [4.69, 9.17) is 20.6 Å². The fourth-order valence-corrected chi connectivity index (χ4v) is 1.33. The number of nitrogens with two attached hydrogens (primary N) is 1. The Morgan fingerprint density at radius 3 is 2.64 bits per heavy atom. The van der Waals surface area contributed by atoms with Gasteiger partial charge in [0.25, 0.3) is 0 Å². The summed E-state index contributed by atoms with van der Waals surface area (Å²) >= 11 is 0. The molecule has 0 aliphatic carbocycles. The van der Waals surface area contributed by atoms with Crippen molar-refractivity contribution in [1.82, 2.24) is 0 Å². The van der Waals surface area contributed by atoms with Crippen molar-refractivity contribution < 1.29 is 9.47 Å². The first-order chi connectivity index (χ1) is 6.70. The highest BCUT2D eigenvalue weighted by atomic mass is 16.5. The van der Waals surface area contributed by atoms with E-state index in [1.54, 1.807) is 20.3 Å². The van der Waals surface area contributed by atoms with Gasteiger partial charge in [0.05, 0.1) is 19.3 Å². The fraction of sp³-hybridized carbons (Fsp3) is 0.300. The molecule has 1 aromatic rings. The molecule has 0 aliphatic heterocycles. The molecule has 1 rings (SSSR count). The summed E-state index contributed by atoms with van der Waals surface area (Å²) in [6.07, 6.45) is 0. The molecular formula is C10H14N2O2. The van der Waals surface area contributed by atoms with Gasteiger partial charge in [0, 0.05) is 7.11 Å². The highest BCUT2D eigenvalue weighted by Gasteiger charge is 2.10. The predicted octanol–water partition coefficient (Wildman–Crippen LogP) is 1.13. The number of hydrogen-bond acceptors (Lipinski definition) is 3. The number of nitrogen functional groups attached to an aromatic ring is 1. The number of amidine groups is 1. The van der Waals surface area contributed by atoms with Gasteiger partial charge in [0.15, 0.2) is 0 Å². The molecule has 3 N–H and O–H groups in total. The highest BCUT2D eigenvalue weighted by molar-refractivity contribution is 5.99. The van der Waals surface area contributed by atoms with Crippen LogP contribution in [-0.2, 0) is 11.3 Å². The summed E-state index contributed by atoms with van der Waals surface area (Å²) in [7, 11) is 3.15. The van der Waals surface area contributed by atoms with Crippen molar-refractivity contribution in [2.75, 3.05) is 14.2 Å². The summed E-state index contributed by atoms with van der Waals surface area (Å²) in [6.45, 7) is 0.423.